The van der Waals surface area contributed by atoms with Gasteiger partial charge >= 0.3 is 0 Å². The molecule has 1 heterocycles. The summed E-state index contributed by atoms with van der Waals surface area (Å²) in [4.78, 5) is 74.0. The quantitative estimate of drug-likeness (QED) is 0.0654. The van der Waals surface area contributed by atoms with Gasteiger partial charge in [-0.1, -0.05) is 124 Å². The lowest BCUT2D eigenvalue weighted by atomic mass is 9.68. The molecule has 5 aromatic carbocycles. The number of rotatable bonds is 18. The summed E-state index contributed by atoms with van der Waals surface area (Å²) >= 11 is 0. The fourth-order valence-electron chi connectivity index (χ4n) is 10.3. The number of likely N-dealkylation sites (N-methyl/N-ethyl adjacent to an activating group) is 1. The van der Waals surface area contributed by atoms with Crippen LogP contribution < -0.4 is 21.7 Å². The van der Waals surface area contributed by atoms with Gasteiger partial charge in [0.15, 0.2) is 0 Å². The summed E-state index contributed by atoms with van der Waals surface area (Å²) in [5.41, 5.74) is 7.68. The number of nitrogens with two attached hydrogens (primary N) is 1. The van der Waals surface area contributed by atoms with Gasteiger partial charge in [-0.2, -0.15) is 0 Å². The van der Waals surface area contributed by atoms with Crippen LogP contribution in [0.1, 0.15) is 107 Å². The van der Waals surface area contributed by atoms with Crippen molar-refractivity contribution in [3.05, 3.63) is 108 Å². The Labute approximate surface area is 384 Å². The molecule has 1 aliphatic carbocycles. The van der Waals surface area contributed by atoms with E-state index in [1.54, 1.807) is 11.9 Å². The Morgan fingerprint density at radius 2 is 1.31 bits per heavy atom. The topological polar surface area (TPSA) is 154 Å². The predicted octanol–water partition coefficient (Wildman–Crippen LogP) is 8.05. The highest BCUT2D eigenvalue weighted by Crippen LogP contribution is 2.44. The maximum absolute atomic E-state index is 14.6. The molecule has 344 valence electrons. The van der Waals surface area contributed by atoms with E-state index in [1.165, 1.54) is 32.1 Å². The van der Waals surface area contributed by atoms with Gasteiger partial charge in [-0.05, 0) is 113 Å². The first kappa shape index (κ1) is 47.2. The van der Waals surface area contributed by atoms with E-state index in [1.807, 2.05) is 95.9 Å². The number of amides is 5. The first-order valence-electron chi connectivity index (χ1n) is 24.0. The lowest BCUT2D eigenvalue weighted by Gasteiger charge is -2.45. The van der Waals surface area contributed by atoms with E-state index in [2.05, 4.69) is 35.9 Å². The number of carbonyl (C=O) groups excluding carboxylic acids is 5. The molecule has 2 fully saturated rings. The largest absolute Gasteiger partial charge is 0.344 e. The lowest BCUT2D eigenvalue weighted by Crippen LogP contribution is -2.55. The van der Waals surface area contributed by atoms with Crippen LogP contribution in [0.25, 0.3) is 32.3 Å². The molecule has 5 N–H and O–H groups in total. The molecule has 5 amide bonds. The van der Waals surface area contributed by atoms with Gasteiger partial charge in [-0.3, -0.25) is 24.0 Å². The maximum Gasteiger partial charge on any atom is 0.253 e. The van der Waals surface area contributed by atoms with Gasteiger partial charge in [-0.15, -0.1) is 0 Å². The zero-order valence-corrected chi connectivity index (χ0v) is 38.6. The van der Waals surface area contributed by atoms with Crippen molar-refractivity contribution in [1.29, 1.82) is 0 Å². The van der Waals surface area contributed by atoms with Gasteiger partial charge in [0.25, 0.3) is 5.91 Å². The summed E-state index contributed by atoms with van der Waals surface area (Å²) in [5.74, 6) is -1.17. The van der Waals surface area contributed by atoms with E-state index >= 15 is 0 Å². The molecule has 11 nitrogen and oxygen atoms in total. The molecule has 3 atom stereocenters. The number of fused-ring (bicyclic) bond motifs is 3. The predicted molar refractivity (Wildman–Crippen MR) is 260 cm³/mol. The van der Waals surface area contributed by atoms with Crippen LogP contribution in [0, 0.1) is 11.3 Å². The van der Waals surface area contributed by atoms with Crippen LogP contribution in [-0.4, -0.2) is 90.7 Å². The highest BCUT2D eigenvalue weighted by Gasteiger charge is 2.38. The minimum Gasteiger partial charge on any atom is -0.344 e. The first-order chi connectivity index (χ1) is 31.4. The van der Waals surface area contributed by atoms with Crippen LogP contribution in [0.3, 0.4) is 0 Å². The molecule has 1 aliphatic heterocycles. The Hall–Kier alpha value is -5.81. The van der Waals surface area contributed by atoms with E-state index in [-0.39, 0.29) is 48.9 Å². The molecule has 1 saturated heterocycles. The number of piperidine rings is 1. The summed E-state index contributed by atoms with van der Waals surface area (Å²) in [5, 5.41) is 14.5. The Bertz CT molecular complexity index is 2410. The summed E-state index contributed by atoms with van der Waals surface area (Å²) in [6.07, 6.45) is 10.5. The number of hydrogen-bond donors (Lipinski definition) is 4. The van der Waals surface area contributed by atoms with Crippen molar-refractivity contribution in [2.45, 2.75) is 115 Å². The standard InChI is InChI=1S/C54H68N6O5/c1-37(2)34-47(53(65)60-32-28-54(29-33-60)26-11-4-12-27-54)56-48(61)25-15-31-59(3)52(64)45(24-14-30-55)57-50(62)46(36-41-20-13-19-38-16-5-8-21-42(38)41)58-51(63)49-43-22-9-6-17-39(43)35-40-18-7-10-23-44(40)49/h5-10,13,16-23,35,37,45-47H,4,11-12,14-15,24-34,36,55H2,1-3H3,(H,56,61)(H,57,62)(H,58,63). The summed E-state index contributed by atoms with van der Waals surface area (Å²) in [7, 11) is 1.67. The second-order valence-electron chi connectivity index (χ2n) is 19.1. The molecule has 0 radical (unpaired) electrons. The van der Waals surface area contributed by atoms with Crippen LogP contribution in [0.5, 0.6) is 0 Å². The number of carbonyl (C=O) groups is 5. The first-order valence-corrected chi connectivity index (χ1v) is 24.0. The second-order valence-corrected chi connectivity index (χ2v) is 19.1. The van der Waals surface area contributed by atoms with Gasteiger partial charge in [0.05, 0.1) is 5.56 Å². The molecule has 7 rings (SSSR count). The molecule has 3 unspecified atom stereocenters. The smallest absolute Gasteiger partial charge is 0.253 e. The Morgan fingerprint density at radius 1 is 0.692 bits per heavy atom. The van der Waals surface area contributed by atoms with Crippen molar-refractivity contribution in [3.63, 3.8) is 0 Å². The SMILES string of the molecule is CC(C)CC(NC(=O)CCCN(C)C(=O)C(CCCN)NC(=O)C(Cc1cccc2ccccc12)NC(=O)c1c2ccccc2cc2ccccc12)C(=O)N1CCC2(CCCCC2)CC1. The molecular weight excluding hydrogens is 813 g/mol. The van der Waals surface area contributed by atoms with E-state index in [0.29, 0.717) is 43.2 Å². The average molecular weight is 881 g/mol. The Balaban J connectivity index is 1.02. The fourth-order valence-corrected chi connectivity index (χ4v) is 10.3. The zero-order valence-electron chi connectivity index (χ0n) is 38.6. The Kier molecular flexibility index (Phi) is 15.9. The molecule has 1 spiro atoms. The van der Waals surface area contributed by atoms with Crippen LogP contribution in [0.2, 0.25) is 0 Å². The van der Waals surface area contributed by atoms with Crippen LogP contribution in [0.15, 0.2) is 97.1 Å². The molecule has 5 aromatic rings. The summed E-state index contributed by atoms with van der Waals surface area (Å²) in [6.45, 7) is 6.20. The highest BCUT2D eigenvalue weighted by molar-refractivity contribution is 6.18. The van der Waals surface area contributed by atoms with Gasteiger partial charge in [0, 0.05) is 39.5 Å². The number of nitrogens with one attached hydrogen (secondary N) is 3. The zero-order chi connectivity index (χ0) is 45.9. The minimum absolute atomic E-state index is 0.00362. The van der Waals surface area contributed by atoms with Crippen LogP contribution in [0.4, 0.5) is 0 Å². The highest BCUT2D eigenvalue weighted by atomic mass is 16.2. The van der Waals surface area contributed by atoms with Crippen LogP contribution >= 0.6 is 0 Å². The fraction of sp³-hybridized carbons (Fsp3) is 0.463. The van der Waals surface area contributed by atoms with Gasteiger partial charge in [0.1, 0.15) is 18.1 Å². The third-order valence-corrected chi connectivity index (χ3v) is 13.9. The Morgan fingerprint density at radius 3 is 1.95 bits per heavy atom. The molecule has 11 heteroatoms. The van der Waals surface area contributed by atoms with Crippen molar-refractivity contribution in [3.8, 4) is 0 Å². The molecule has 0 bridgehead atoms. The minimum atomic E-state index is -1.03. The number of benzene rings is 5. The normalized spacial score (nSPS) is 16.3. The van der Waals surface area contributed by atoms with Crippen molar-refractivity contribution in [2.24, 2.45) is 17.1 Å². The van der Waals surface area contributed by atoms with Crippen molar-refractivity contribution in [2.75, 3.05) is 33.2 Å². The van der Waals surface area contributed by atoms with E-state index in [4.69, 9.17) is 5.73 Å². The molecule has 2 aliphatic rings. The van der Waals surface area contributed by atoms with Crippen molar-refractivity contribution >= 4 is 61.9 Å². The second kappa shape index (κ2) is 21.9. The third kappa shape index (κ3) is 11.7. The van der Waals surface area contributed by atoms with Gasteiger partial charge in [0.2, 0.25) is 23.6 Å². The molecule has 1 saturated carbocycles. The van der Waals surface area contributed by atoms with E-state index in [9.17, 15) is 24.0 Å². The monoisotopic (exact) mass is 881 g/mol. The maximum atomic E-state index is 14.6. The van der Waals surface area contributed by atoms with E-state index < -0.39 is 24.0 Å². The van der Waals surface area contributed by atoms with Crippen molar-refractivity contribution in [1.82, 2.24) is 25.8 Å². The van der Waals surface area contributed by atoms with Crippen LogP contribution in [-0.2, 0) is 25.6 Å². The van der Waals surface area contributed by atoms with E-state index in [0.717, 1.165) is 63.8 Å². The molecule has 65 heavy (non-hydrogen) atoms. The van der Waals surface area contributed by atoms with Gasteiger partial charge in [-0.25, -0.2) is 0 Å². The molecule has 0 aromatic heterocycles. The van der Waals surface area contributed by atoms with Crippen molar-refractivity contribution < 1.29 is 24.0 Å². The summed E-state index contributed by atoms with van der Waals surface area (Å²) < 4.78 is 0. The summed E-state index contributed by atoms with van der Waals surface area (Å²) in [6, 6.07) is 28.8. The molecular formula is C54H68N6O5. The number of hydrogen-bond acceptors (Lipinski definition) is 6. The average Bonchev–Trinajstić information content (AvgIpc) is 3.31. The lowest BCUT2D eigenvalue weighted by molar-refractivity contribution is -0.139. The van der Waals surface area contributed by atoms with Gasteiger partial charge < -0.3 is 31.5 Å². The number of nitrogens with zero attached hydrogens (tertiary/aromatic N) is 2. The number of likely N-dealkylation sites (tertiary alicyclic amines) is 1. The third-order valence-electron chi connectivity index (χ3n) is 13.9.